The summed E-state index contributed by atoms with van der Waals surface area (Å²) in [4.78, 5) is 39.0. The van der Waals surface area contributed by atoms with E-state index >= 15 is 0 Å². The maximum atomic E-state index is 13.5. The summed E-state index contributed by atoms with van der Waals surface area (Å²) in [6.07, 6.45) is 45.2. The van der Waals surface area contributed by atoms with Crippen molar-refractivity contribution >= 4 is 17.7 Å². The van der Waals surface area contributed by atoms with Crippen LogP contribution in [0.25, 0.3) is 0 Å². The highest BCUT2D eigenvalue weighted by Crippen LogP contribution is 2.18. The van der Waals surface area contributed by atoms with E-state index in [1.54, 1.807) is 0 Å². The van der Waals surface area contributed by atoms with Crippen LogP contribution in [0.2, 0.25) is 0 Å². The van der Waals surface area contributed by atoms with Gasteiger partial charge in [-0.05, 0) is 51.4 Å². The number of amides is 1. The fourth-order valence-corrected chi connectivity index (χ4v) is 7.01. The topological polar surface area (TPSA) is 113 Å². The number of ketones is 1. The number of hydrogen-bond acceptors (Lipinski definition) is 6. The Kier molecular flexibility index (Phi) is 40.7. The van der Waals surface area contributed by atoms with E-state index in [1.807, 2.05) is 0 Å². The molecule has 0 radical (unpaired) electrons. The molecule has 56 heavy (non-hydrogen) atoms. The van der Waals surface area contributed by atoms with Gasteiger partial charge in [-0.25, -0.2) is 0 Å². The van der Waals surface area contributed by atoms with Crippen LogP contribution in [-0.4, -0.2) is 53.2 Å². The van der Waals surface area contributed by atoms with Crippen molar-refractivity contribution in [2.45, 2.75) is 238 Å². The Morgan fingerprint density at radius 1 is 0.518 bits per heavy atom. The molecule has 0 saturated heterocycles. The minimum absolute atomic E-state index is 0.207. The Morgan fingerprint density at radius 2 is 0.946 bits per heavy atom. The largest absolute Gasteiger partial charge is 0.465 e. The lowest BCUT2D eigenvalue weighted by molar-refractivity contribution is -0.149. The molecule has 0 spiro atoms. The average molecular weight is 788 g/mol. The third-order valence-corrected chi connectivity index (χ3v) is 10.7. The molecule has 0 aliphatic carbocycles. The number of rotatable bonds is 42. The first-order valence-corrected chi connectivity index (χ1v) is 23.6. The predicted molar refractivity (Wildman–Crippen MR) is 237 cm³/mol. The van der Waals surface area contributed by atoms with E-state index in [9.17, 15) is 24.6 Å². The van der Waals surface area contributed by atoms with Gasteiger partial charge in [0, 0.05) is 19.3 Å². The number of ether oxygens (including phenoxy) is 1. The maximum Gasteiger partial charge on any atom is 0.305 e. The van der Waals surface area contributed by atoms with E-state index in [0.29, 0.717) is 12.8 Å². The Labute approximate surface area is 345 Å². The van der Waals surface area contributed by atoms with Crippen LogP contribution in [0.1, 0.15) is 226 Å². The Morgan fingerprint density at radius 3 is 1.43 bits per heavy atom. The van der Waals surface area contributed by atoms with E-state index < -0.39 is 24.7 Å². The number of nitrogens with one attached hydrogen (secondary N) is 1. The summed E-state index contributed by atoms with van der Waals surface area (Å²) in [5, 5.41) is 24.2. The molecular formula is C49H89NO6. The molecule has 0 aromatic heterocycles. The van der Waals surface area contributed by atoms with Gasteiger partial charge in [-0.1, -0.05) is 192 Å². The van der Waals surface area contributed by atoms with Gasteiger partial charge < -0.3 is 20.3 Å². The van der Waals surface area contributed by atoms with Gasteiger partial charge >= 0.3 is 5.97 Å². The fraction of sp³-hybridized carbons (Fsp3) is 0.816. The lowest BCUT2D eigenvalue weighted by Crippen LogP contribution is -2.51. The fourth-order valence-electron chi connectivity index (χ4n) is 7.01. The molecule has 7 nitrogen and oxygen atoms in total. The van der Waals surface area contributed by atoms with Crippen molar-refractivity contribution in [3.05, 3.63) is 36.5 Å². The van der Waals surface area contributed by atoms with Crippen molar-refractivity contribution in [2.75, 3.05) is 13.2 Å². The monoisotopic (exact) mass is 788 g/mol. The van der Waals surface area contributed by atoms with Crippen molar-refractivity contribution in [1.29, 1.82) is 0 Å². The first kappa shape index (κ1) is 53.8. The first-order valence-electron chi connectivity index (χ1n) is 23.6. The lowest BCUT2D eigenvalue weighted by Gasteiger charge is -2.28. The van der Waals surface area contributed by atoms with Crippen LogP contribution in [0, 0.1) is 5.92 Å². The summed E-state index contributed by atoms with van der Waals surface area (Å²) < 4.78 is 5.57. The molecule has 0 aromatic rings. The predicted octanol–water partition coefficient (Wildman–Crippen LogP) is 12.8. The standard InChI is InChI=1S/C49H89NO6/c1-4-7-10-13-16-19-21-23-25-28-30-33-36-39-46(52)44(43-56-48(54)41-38-35-32-29-26-24-22-20-17-14-11-8-5-2)49(55)45(42-51)50-47(53)40-37-34-31-27-18-15-12-9-6-3/h10,13,19,21,25,28,44-45,49,51,55H,4-9,11-12,14-18,20,22-24,26-27,29-43H2,1-3H3,(H,50,53)/b13-10-,21-19-,28-25-/t44-,45-,49+/m1/s1. The van der Waals surface area contributed by atoms with Gasteiger partial charge in [0.2, 0.25) is 5.91 Å². The molecule has 3 atom stereocenters. The number of esters is 1. The minimum Gasteiger partial charge on any atom is -0.465 e. The van der Waals surface area contributed by atoms with Gasteiger partial charge in [0.25, 0.3) is 0 Å². The van der Waals surface area contributed by atoms with Gasteiger partial charge in [-0.3, -0.25) is 14.4 Å². The van der Waals surface area contributed by atoms with Gasteiger partial charge in [-0.2, -0.15) is 0 Å². The zero-order chi connectivity index (χ0) is 41.2. The molecule has 0 heterocycles. The third-order valence-electron chi connectivity index (χ3n) is 10.7. The molecule has 0 saturated carbocycles. The highest BCUT2D eigenvalue weighted by Gasteiger charge is 2.34. The highest BCUT2D eigenvalue weighted by molar-refractivity contribution is 5.82. The zero-order valence-electron chi connectivity index (χ0n) is 36.8. The summed E-state index contributed by atoms with van der Waals surface area (Å²) in [5.41, 5.74) is 0. The van der Waals surface area contributed by atoms with Gasteiger partial charge in [0.1, 0.15) is 12.4 Å². The summed E-state index contributed by atoms with van der Waals surface area (Å²) >= 11 is 0. The number of allylic oxidation sites excluding steroid dienone is 6. The van der Waals surface area contributed by atoms with Crippen LogP contribution in [0.5, 0.6) is 0 Å². The third kappa shape index (κ3) is 35.0. The second-order valence-corrected chi connectivity index (χ2v) is 16.1. The minimum atomic E-state index is -1.35. The first-order chi connectivity index (χ1) is 27.4. The summed E-state index contributed by atoms with van der Waals surface area (Å²) in [5.74, 6) is -1.83. The van der Waals surface area contributed by atoms with Gasteiger partial charge in [0.05, 0.1) is 24.7 Å². The molecule has 0 rings (SSSR count). The van der Waals surface area contributed by atoms with Crippen LogP contribution in [0.3, 0.4) is 0 Å². The van der Waals surface area contributed by atoms with Crippen molar-refractivity contribution in [1.82, 2.24) is 5.32 Å². The molecule has 0 unspecified atom stereocenters. The number of carbonyl (C=O) groups is 3. The van der Waals surface area contributed by atoms with Crippen LogP contribution in [-0.2, 0) is 19.1 Å². The number of aliphatic hydroxyl groups excluding tert-OH is 2. The van der Waals surface area contributed by atoms with Crippen LogP contribution >= 0.6 is 0 Å². The number of aliphatic hydroxyl groups is 2. The van der Waals surface area contributed by atoms with Crippen molar-refractivity contribution in [3.63, 3.8) is 0 Å². The number of carbonyl (C=O) groups excluding carboxylic acids is 3. The Hall–Kier alpha value is -2.25. The zero-order valence-corrected chi connectivity index (χ0v) is 36.8. The summed E-state index contributed by atoms with van der Waals surface area (Å²) in [7, 11) is 0. The Balaban J connectivity index is 4.82. The van der Waals surface area contributed by atoms with E-state index in [-0.39, 0.29) is 37.1 Å². The average Bonchev–Trinajstić information content (AvgIpc) is 3.19. The summed E-state index contributed by atoms with van der Waals surface area (Å²) in [6, 6.07) is -1.01. The Bertz CT molecular complexity index is 991. The van der Waals surface area contributed by atoms with E-state index in [2.05, 4.69) is 62.5 Å². The molecule has 1 amide bonds. The SMILES string of the molecule is CCC/C=C\C/C=C\C/C=C\CCCCC(=O)[C@@H](COC(=O)CCCCCCCCCCCCCCC)[C@H](O)[C@@H](CO)NC(=O)CCCCCCCCCCC. The molecule has 0 aliphatic rings. The molecule has 326 valence electrons. The smallest absolute Gasteiger partial charge is 0.305 e. The van der Waals surface area contributed by atoms with Gasteiger partial charge in [-0.15, -0.1) is 0 Å². The number of hydrogen-bond donors (Lipinski definition) is 3. The van der Waals surface area contributed by atoms with E-state index in [0.717, 1.165) is 70.6 Å². The molecule has 3 N–H and O–H groups in total. The summed E-state index contributed by atoms with van der Waals surface area (Å²) in [6.45, 7) is 5.90. The quantitative estimate of drug-likeness (QED) is 0.0323. The second-order valence-electron chi connectivity index (χ2n) is 16.1. The molecule has 0 bridgehead atoms. The van der Waals surface area contributed by atoms with Crippen LogP contribution < -0.4 is 5.32 Å². The molecule has 7 heteroatoms. The van der Waals surface area contributed by atoms with Crippen molar-refractivity contribution in [2.24, 2.45) is 5.92 Å². The maximum absolute atomic E-state index is 13.5. The molecule has 0 fully saturated rings. The number of Topliss-reactive ketones (excluding diaryl/α,β-unsaturated/α-hetero) is 1. The van der Waals surface area contributed by atoms with Gasteiger partial charge in [0.15, 0.2) is 0 Å². The molecule has 0 aromatic carbocycles. The highest BCUT2D eigenvalue weighted by atomic mass is 16.5. The molecule has 0 aliphatic heterocycles. The number of unbranched alkanes of at least 4 members (excludes halogenated alkanes) is 23. The molecular weight excluding hydrogens is 699 g/mol. The van der Waals surface area contributed by atoms with Crippen LogP contribution in [0.4, 0.5) is 0 Å². The van der Waals surface area contributed by atoms with E-state index in [4.69, 9.17) is 4.74 Å². The lowest BCUT2D eigenvalue weighted by atomic mass is 9.90. The second kappa shape index (κ2) is 42.4. The van der Waals surface area contributed by atoms with Crippen LogP contribution in [0.15, 0.2) is 36.5 Å². The van der Waals surface area contributed by atoms with E-state index in [1.165, 1.54) is 109 Å². The normalized spacial score (nSPS) is 13.5. The van der Waals surface area contributed by atoms with Crippen molar-refractivity contribution < 1.29 is 29.3 Å². The van der Waals surface area contributed by atoms with Crippen molar-refractivity contribution in [3.8, 4) is 0 Å².